The zero-order valence-corrected chi connectivity index (χ0v) is 13.5. The number of hydrogen-bond acceptors (Lipinski definition) is 5. The summed E-state index contributed by atoms with van der Waals surface area (Å²) in [5.41, 5.74) is 1.46. The number of nitro benzene ring substituents is 1. The quantitative estimate of drug-likeness (QED) is 0.355. The highest BCUT2D eigenvalue weighted by atomic mass is 35.5. The van der Waals surface area contributed by atoms with Crippen LogP contribution in [0.2, 0.25) is 5.02 Å². The minimum Gasteiger partial charge on any atom is -0.403 e. The van der Waals surface area contributed by atoms with Gasteiger partial charge < -0.3 is 4.74 Å². The lowest BCUT2D eigenvalue weighted by Crippen LogP contribution is -2.01. The molecule has 0 aliphatic carbocycles. The number of halogens is 1. The Morgan fingerprint density at radius 3 is 2.60 bits per heavy atom. The van der Waals surface area contributed by atoms with Crippen LogP contribution in [0.25, 0.3) is 12.2 Å². The minimum absolute atomic E-state index is 0.0194. The van der Waals surface area contributed by atoms with E-state index in [2.05, 4.69) is 4.99 Å². The number of benzene rings is 2. The second-order valence-electron chi connectivity index (χ2n) is 5.11. The Hall–Kier alpha value is -3.25. The van der Waals surface area contributed by atoms with Gasteiger partial charge in [-0.1, -0.05) is 35.9 Å². The van der Waals surface area contributed by atoms with Gasteiger partial charge in [0.25, 0.3) is 5.69 Å². The summed E-state index contributed by atoms with van der Waals surface area (Å²) in [6, 6.07) is 13.1. The van der Waals surface area contributed by atoms with Crippen LogP contribution in [-0.2, 0) is 9.53 Å². The minimum atomic E-state index is -0.571. The third-order valence-electron chi connectivity index (χ3n) is 3.29. The van der Waals surface area contributed by atoms with E-state index >= 15 is 0 Å². The van der Waals surface area contributed by atoms with Crippen LogP contribution in [0.3, 0.4) is 0 Å². The van der Waals surface area contributed by atoms with Gasteiger partial charge in [0.05, 0.1) is 4.92 Å². The summed E-state index contributed by atoms with van der Waals surface area (Å²) in [6.45, 7) is 0. The number of hydrogen-bond donors (Lipinski definition) is 0. The van der Waals surface area contributed by atoms with E-state index in [1.165, 1.54) is 18.2 Å². The fraction of sp³-hybridized carbons (Fsp3) is 0. The molecule has 6 nitrogen and oxygen atoms in total. The molecule has 0 bridgehead atoms. The van der Waals surface area contributed by atoms with Gasteiger partial charge in [0.1, 0.15) is 0 Å². The van der Waals surface area contributed by atoms with Gasteiger partial charge in [-0.2, -0.15) is 0 Å². The smallest absolute Gasteiger partial charge is 0.363 e. The van der Waals surface area contributed by atoms with Gasteiger partial charge in [0.15, 0.2) is 5.70 Å². The van der Waals surface area contributed by atoms with E-state index in [-0.39, 0.29) is 17.3 Å². The van der Waals surface area contributed by atoms with Crippen LogP contribution < -0.4 is 0 Å². The van der Waals surface area contributed by atoms with Gasteiger partial charge in [0.2, 0.25) is 5.90 Å². The Bertz CT molecular complexity index is 948. The van der Waals surface area contributed by atoms with Gasteiger partial charge in [0, 0.05) is 23.2 Å². The van der Waals surface area contributed by atoms with Crippen molar-refractivity contribution in [2.45, 2.75) is 0 Å². The van der Waals surface area contributed by atoms with E-state index in [0.717, 1.165) is 5.56 Å². The van der Waals surface area contributed by atoms with Crippen LogP contribution in [0.1, 0.15) is 11.1 Å². The summed E-state index contributed by atoms with van der Waals surface area (Å²) in [6.07, 6.45) is 4.64. The number of nitro groups is 1. The fourth-order valence-electron chi connectivity index (χ4n) is 2.16. The Kier molecular flexibility index (Phi) is 4.72. The van der Waals surface area contributed by atoms with Gasteiger partial charge >= 0.3 is 5.97 Å². The topological polar surface area (TPSA) is 81.8 Å². The Labute approximate surface area is 147 Å². The van der Waals surface area contributed by atoms with Crippen LogP contribution >= 0.6 is 11.6 Å². The first-order valence-electron chi connectivity index (χ1n) is 7.22. The SMILES string of the molecule is O=C1OC(/C=C/c2cccc([N+](=O)[O-])c2)=NC/1=C\c1cccc(Cl)c1. The van der Waals surface area contributed by atoms with E-state index < -0.39 is 10.9 Å². The van der Waals surface area contributed by atoms with Crippen LogP contribution in [0, 0.1) is 10.1 Å². The van der Waals surface area contributed by atoms with Crippen LogP contribution in [0.15, 0.2) is 65.3 Å². The molecule has 0 aromatic heterocycles. The highest BCUT2D eigenvalue weighted by Crippen LogP contribution is 2.19. The number of non-ortho nitro benzene ring substituents is 1. The maximum Gasteiger partial charge on any atom is 0.363 e. The number of carbonyl (C=O) groups is 1. The largest absolute Gasteiger partial charge is 0.403 e. The summed E-state index contributed by atoms with van der Waals surface area (Å²) in [5.74, 6) is -0.455. The third-order valence-corrected chi connectivity index (χ3v) is 3.52. The van der Waals surface area contributed by atoms with Crippen molar-refractivity contribution in [3.05, 3.63) is 86.6 Å². The van der Waals surface area contributed by atoms with Crippen molar-refractivity contribution in [1.29, 1.82) is 0 Å². The second kappa shape index (κ2) is 7.11. The van der Waals surface area contributed by atoms with Crippen LogP contribution in [0.4, 0.5) is 5.69 Å². The molecule has 2 aromatic rings. The lowest BCUT2D eigenvalue weighted by molar-refractivity contribution is -0.384. The molecule has 25 heavy (non-hydrogen) atoms. The number of rotatable bonds is 4. The molecule has 0 radical (unpaired) electrons. The van der Waals surface area contributed by atoms with Gasteiger partial charge in [-0.15, -0.1) is 0 Å². The number of aliphatic imine (C=N–C) groups is 1. The first kappa shape index (κ1) is 16.6. The third kappa shape index (κ3) is 4.19. The van der Waals surface area contributed by atoms with Crippen molar-refractivity contribution >= 4 is 41.3 Å². The molecule has 2 aromatic carbocycles. The molecular weight excluding hydrogens is 344 g/mol. The van der Waals surface area contributed by atoms with Crippen molar-refractivity contribution in [1.82, 2.24) is 0 Å². The van der Waals surface area contributed by atoms with E-state index in [0.29, 0.717) is 10.6 Å². The molecule has 0 saturated heterocycles. The first-order valence-corrected chi connectivity index (χ1v) is 7.60. The average Bonchev–Trinajstić information content (AvgIpc) is 2.93. The van der Waals surface area contributed by atoms with E-state index in [1.54, 1.807) is 48.6 Å². The lowest BCUT2D eigenvalue weighted by Gasteiger charge is -1.95. The van der Waals surface area contributed by atoms with E-state index in [1.807, 2.05) is 0 Å². The maximum atomic E-state index is 11.9. The fourth-order valence-corrected chi connectivity index (χ4v) is 2.36. The summed E-state index contributed by atoms with van der Waals surface area (Å²) in [7, 11) is 0. The standard InChI is InChI=1S/C18H11ClN2O4/c19-14-5-1-4-13(9-14)11-16-18(22)25-17(20-16)8-7-12-3-2-6-15(10-12)21(23)24/h1-11H/b8-7+,16-11-. The predicted octanol–water partition coefficient (Wildman–Crippen LogP) is 4.26. The van der Waals surface area contributed by atoms with Crippen molar-refractivity contribution in [2.75, 3.05) is 0 Å². The van der Waals surface area contributed by atoms with Crippen molar-refractivity contribution in [3.63, 3.8) is 0 Å². The molecule has 0 saturated carbocycles. The maximum absolute atomic E-state index is 11.9. The molecule has 0 amide bonds. The molecule has 0 atom stereocenters. The van der Waals surface area contributed by atoms with Gasteiger partial charge in [-0.05, 0) is 35.4 Å². The zero-order chi connectivity index (χ0) is 17.8. The molecule has 0 fully saturated rings. The monoisotopic (exact) mass is 354 g/mol. The summed E-state index contributed by atoms with van der Waals surface area (Å²) < 4.78 is 5.06. The molecule has 1 aliphatic heterocycles. The predicted molar refractivity (Wildman–Crippen MR) is 95.1 cm³/mol. The molecule has 0 spiro atoms. The van der Waals surface area contributed by atoms with Gasteiger partial charge in [-0.25, -0.2) is 9.79 Å². The summed E-state index contributed by atoms with van der Waals surface area (Å²) >= 11 is 5.91. The normalized spacial score (nSPS) is 15.5. The highest BCUT2D eigenvalue weighted by molar-refractivity contribution is 6.30. The summed E-state index contributed by atoms with van der Waals surface area (Å²) in [5, 5.41) is 11.3. The first-order chi connectivity index (χ1) is 12.0. The average molecular weight is 355 g/mol. The molecule has 0 N–H and O–H groups in total. The number of nitrogens with zero attached hydrogens (tertiary/aromatic N) is 2. The molecule has 0 unspecified atom stereocenters. The molecule has 3 rings (SSSR count). The van der Waals surface area contributed by atoms with Crippen molar-refractivity contribution < 1.29 is 14.5 Å². The highest BCUT2D eigenvalue weighted by Gasteiger charge is 2.21. The molecule has 124 valence electrons. The summed E-state index contributed by atoms with van der Waals surface area (Å²) in [4.78, 5) is 26.3. The molecule has 1 heterocycles. The Balaban J connectivity index is 1.81. The number of ether oxygens (including phenoxy) is 1. The van der Waals surface area contributed by atoms with E-state index in [4.69, 9.17) is 16.3 Å². The Morgan fingerprint density at radius 1 is 1.08 bits per heavy atom. The van der Waals surface area contributed by atoms with E-state index in [9.17, 15) is 14.9 Å². The molecular formula is C18H11ClN2O4. The molecule has 7 heteroatoms. The zero-order valence-electron chi connectivity index (χ0n) is 12.8. The lowest BCUT2D eigenvalue weighted by atomic mass is 10.2. The van der Waals surface area contributed by atoms with Crippen LogP contribution in [-0.4, -0.2) is 16.8 Å². The van der Waals surface area contributed by atoms with Gasteiger partial charge in [-0.3, -0.25) is 10.1 Å². The molecule has 1 aliphatic rings. The number of cyclic esters (lactones) is 1. The van der Waals surface area contributed by atoms with Crippen molar-refractivity contribution in [3.8, 4) is 0 Å². The van der Waals surface area contributed by atoms with Crippen LogP contribution in [0.5, 0.6) is 0 Å². The number of esters is 1. The van der Waals surface area contributed by atoms with Crippen molar-refractivity contribution in [2.24, 2.45) is 4.99 Å². The second-order valence-corrected chi connectivity index (χ2v) is 5.55. The number of carbonyl (C=O) groups excluding carboxylic acids is 1. The Morgan fingerprint density at radius 2 is 1.84 bits per heavy atom.